The van der Waals surface area contributed by atoms with Gasteiger partial charge in [-0.05, 0) is 6.92 Å². The summed E-state index contributed by atoms with van der Waals surface area (Å²) in [5.41, 5.74) is 7.96. The maximum Gasteiger partial charge on any atom is 0.0897 e. The van der Waals surface area contributed by atoms with Crippen molar-refractivity contribution in [2.24, 2.45) is 12.8 Å². The van der Waals surface area contributed by atoms with E-state index in [0.717, 1.165) is 16.4 Å². The van der Waals surface area contributed by atoms with Gasteiger partial charge in [0.25, 0.3) is 0 Å². The molecule has 16 heavy (non-hydrogen) atoms. The topological polar surface area (TPSA) is 56.7 Å². The molecule has 0 amide bonds. The minimum atomic E-state index is -0.165. The van der Waals surface area contributed by atoms with Crippen molar-refractivity contribution in [1.29, 1.82) is 0 Å². The van der Waals surface area contributed by atoms with E-state index in [1.807, 2.05) is 19.4 Å². The van der Waals surface area contributed by atoms with Gasteiger partial charge in [0.2, 0.25) is 0 Å². The van der Waals surface area contributed by atoms with Gasteiger partial charge in [-0.1, -0.05) is 11.6 Å². The van der Waals surface area contributed by atoms with Crippen molar-refractivity contribution in [3.05, 3.63) is 33.0 Å². The fraction of sp³-hybridized carbons (Fsp3) is 0.400. The van der Waals surface area contributed by atoms with Gasteiger partial charge in [-0.15, -0.1) is 11.3 Å². The zero-order valence-corrected chi connectivity index (χ0v) is 10.7. The summed E-state index contributed by atoms with van der Waals surface area (Å²) < 4.78 is 1.71. The van der Waals surface area contributed by atoms with Gasteiger partial charge in [-0.2, -0.15) is 5.10 Å². The molecule has 0 bridgehead atoms. The van der Waals surface area contributed by atoms with E-state index in [1.165, 1.54) is 0 Å². The van der Waals surface area contributed by atoms with Crippen LogP contribution in [-0.4, -0.2) is 14.8 Å². The van der Waals surface area contributed by atoms with Crippen molar-refractivity contribution in [3.8, 4) is 0 Å². The van der Waals surface area contributed by atoms with Crippen LogP contribution in [0.2, 0.25) is 5.02 Å². The van der Waals surface area contributed by atoms with Crippen LogP contribution in [-0.2, 0) is 13.5 Å². The third kappa shape index (κ3) is 2.26. The van der Waals surface area contributed by atoms with Crippen LogP contribution in [0.5, 0.6) is 0 Å². The summed E-state index contributed by atoms with van der Waals surface area (Å²) in [4.78, 5) is 4.39. The molecule has 0 spiro atoms. The third-order valence-corrected chi connectivity index (χ3v) is 3.50. The molecule has 86 valence electrons. The summed E-state index contributed by atoms with van der Waals surface area (Å²) >= 11 is 7.66. The molecule has 1 atom stereocenters. The average molecular weight is 257 g/mol. The molecule has 2 heterocycles. The predicted molar refractivity (Wildman–Crippen MR) is 65.7 cm³/mol. The number of halogens is 1. The van der Waals surface area contributed by atoms with Crippen molar-refractivity contribution < 1.29 is 0 Å². The highest BCUT2D eigenvalue weighted by Crippen LogP contribution is 2.23. The number of hydrogen-bond acceptors (Lipinski definition) is 4. The molecule has 2 rings (SSSR count). The van der Waals surface area contributed by atoms with Gasteiger partial charge in [0.1, 0.15) is 0 Å². The number of nitrogens with two attached hydrogens (primary N) is 1. The molecule has 2 N–H and O–H groups in total. The second-order valence-corrected chi connectivity index (χ2v) is 5.14. The first-order valence-electron chi connectivity index (χ1n) is 4.92. The zero-order valence-electron chi connectivity index (χ0n) is 9.14. The largest absolute Gasteiger partial charge is 0.322 e. The van der Waals surface area contributed by atoms with E-state index < -0.39 is 0 Å². The molecule has 0 aliphatic heterocycles. The number of aryl methyl sites for hydroxylation is 2. The van der Waals surface area contributed by atoms with Crippen LogP contribution >= 0.6 is 22.9 Å². The van der Waals surface area contributed by atoms with E-state index in [-0.39, 0.29) is 6.04 Å². The Labute approximate surface area is 103 Å². The molecule has 0 aliphatic rings. The van der Waals surface area contributed by atoms with E-state index in [1.54, 1.807) is 22.2 Å². The molecule has 0 saturated heterocycles. The Morgan fingerprint density at radius 1 is 1.62 bits per heavy atom. The van der Waals surface area contributed by atoms with Crippen LogP contribution in [0.3, 0.4) is 0 Å². The molecule has 1 unspecified atom stereocenters. The van der Waals surface area contributed by atoms with Crippen molar-refractivity contribution in [2.45, 2.75) is 19.4 Å². The number of aromatic nitrogens is 3. The molecule has 0 aromatic carbocycles. The molecular formula is C10H13ClN4S. The van der Waals surface area contributed by atoms with Crippen molar-refractivity contribution in [2.75, 3.05) is 0 Å². The van der Waals surface area contributed by atoms with E-state index in [2.05, 4.69) is 10.1 Å². The summed E-state index contributed by atoms with van der Waals surface area (Å²) in [5, 5.41) is 7.77. The van der Waals surface area contributed by atoms with Crippen LogP contribution in [0, 0.1) is 6.92 Å². The van der Waals surface area contributed by atoms with Crippen LogP contribution in [0.1, 0.15) is 22.4 Å². The molecule has 0 fully saturated rings. The van der Waals surface area contributed by atoms with E-state index in [4.69, 9.17) is 17.3 Å². The standard InChI is InChI=1S/C10H13ClN4S/c1-6-14-7(5-16-6)3-9(12)10-8(11)4-13-15(10)2/h4-5,9H,3,12H2,1-2H3. The lowest BCUT2D eigenvalue weighted by molar-refractivity contribution is 0.612. The molecule has 0 radical (unpaired) electrons. The maximum absolute atomic E-state index is 6.10. The molecule has 6 heteroatoms. The number of nitrogens with zero attached hydrogens (tertiary/aromatic N) is 3. The summed E-state index contributed by atoms with van der Waals surface area (Å²) in [6, 6.07) is -0.165. The Morgan fingerprint density at radius 2 is 2.38 bits per heavy atom. The van der Waals surface area contributed by atoms with Crippen molar-refractivity contribution in [3.63, 3.8) is 0 Å². The quantitative estimate of drug-likeness (QED) is 0.915. The van der Waals surface area contributed by atoms with Crippen LogP contribution in [0.4, 0.5) is 0 Å². The Kier molecular flexibility index (Phi) is 3.28. The number of hydrogen-bond donors (Lipinski definition) is 1. The Balaban J connectivity index is 2.17. The first kappa shape index (κ1) is 11.6. The first-order chi connectivity index (χ1) is 7.58. The predicted octanol–water partition coefficient (Wildman–Crippen LogP) is 2.08. The van der Waals surface area contributed by atoms with Gasteiger partial charge in [0.15, 0.2) is 0 Å². The second-order valence-electron chi connectivity index (χ2n) is 3.67. The Bertz CT molecular complexity index is 471. The summed E-state index contributed by atoms with van der Waals surface area (Å²) in [7, 11) is 1.84. The average Bonchev–Trinajstić information content (AvgIpc) is 2.74. The SMILES string of the molecule is Cc1nc(CC(N)c2c(Cl)cnn2C)cs1. The van der Waals surface area contributed by atoms with Gasteiger partial charge in [-0.25, -0.2) is 4.98 Å². The van der Waals surface area contributed by atoms with Crippen molar-refractivity contribution in [1.82, 2.24) is 14.8 Å². The molecule has 0 saturated carbocycles. The highest BCUT2D eigenvalue weighted by Gasteiger charge is 2.16. The molecule has 4 nitrogen and oxygen atoms in total. The highest BCUT2D eigenvalue weighted by molar-refractivity contribution is 7.09. The minimum Gasteiger partial charge on any atom is -0.322 e. The van der Waals surface area contributed by atoms with Crippen LogP contribution < -0.4 is 5.73 Å². The lowest BCUT2D eigenvalue weighted by atomic mass is 10.1. The van der Waals surface area contributed by atoms with Crippen LogP contribution in [0.25, 0.3) is 0 Å². The van der Waals surface area contributed by atoms with Gasteiger partial charge in [0.05, 0.1) is 33.7 Å². The molecule has 0 aliphatic carbocycles. The van der Waals surface area contributed by atoms with E-state index in [0.29, 0.717) is 11.4 Å². The monoisotopic (exact) mass is 256 g/mol. The van der Waals surface area contributed by atoms with Gasteiger partial charge >= 0.3 is 0 Å². The fourth-order valence-corrected chi connectivity index (χ4v) is 2.59. The van der Waals surface area contributed by atoms with Gasteiger partial charge < -0.3 is 5.73 Å². The van der Waals surface area contributed by atoms with Crippen LogP contribution in [0.15, 0.2) is 11.6 Å². The molecule has 2 aromatic rings. The summed E-state index contributed by atoms with van der Waals surface area (Å²) in [6.07, 6.45) is 2.30. The normalized spacial score (nSPS) is 13.0. The summed E-state index contributed by atoms with van der Waals surface area (Å²) in [6.45, 7) is 1.98. The Hall–Kier alpha value is -0.910. The lowest BCUT2D eigenvalue weighted by Gasteiger charge is -2.11. The summed E-state index contributed by atoms with van der Waals surface area (Å²) in [5.74, 6) is 0. The highest BCUT2D eigenvalue weighted by atomic mass is 35.5. The Morgan fingerprint density at radius 3 is 2.88 bits per heavy atom. The number of rotatable bonds is 3. The second kappa shape index (κ2) is 4.53. The van der Waals surface area contributed by atoms with Gasteiger partial charge in [0, 0.05) is 18.8 Å². The minimum absolute atomic E-state index is 0.165. The molecule has 2 aromatic heterocycles. The first-order valence-corrected chi connectivity index (χ1v) is 6.17. The smallest absolute Gasteiger partial charge is 0.0897 e. The van der Waals surface area contributed by atoms with Gasteiger partial charge in [-0.3, -0.25) is 4.68 Å². The fourth-order valence-electron chi connectivity index (χ4n) is 1.66. The van der Waals surface area contributed by atoms with E-state index >= 15 is 0 Å². The lowest BCUT2D eigenvalue weighted by Crippen LogP contribution is -2.17. The van der Waals surface area contributed by atoms with Crippen molar-refractivity contribution >= 4 is 22.9 Å². The van der Waals surface area contributed by atoms with E-state index in [9.17, 15) is 0 Å². The zero-order chi connectivity index (χ0) is 11.7. The third-order valence-electron chi connectivity index (χ3n) is 2.38. The number of thiazole rings is 1. The molecular weight excluding hydrogens is 244 g/mol. The maximum atomic E-state index is 6.10.